The molecule has 1 aromatic heterocycles. The molecule has 0 spiro atoms. The highest BCUT2D eigenvalue weighted by Crippen LogP contribution is 2.19. The second kappa shape index (κ2) is 8.74. The van der Waals surface area contributed by atoms with Crippen molar-refractivity contribution in [1.82, 2.24) is 9.47 Å². The van der Waals surface area contributed by atoms with Gasteiger partial charge in [-0.05, 0) is 41.7 Å². The molecular formula is C23H25FN2O2S. The number of amides is 1. The number of halogens is 1. The Kier molecular flexibility index (Phi) is 6.33. The summed E-state index contributed by atoms with van der Waals surface area (Å²) >= 11 is 0.974. The SMILES string of the molecule is Cc1c(C(=O)N(C)Cc2ccc(F)cc2)sc(=O)n1Cc1ccc(C(C)C)cc1. The first-order chi connectivity index (χ1) is 13.8. The summed E-state index contributed by atoms with van der Waals surface area (Å²) in [4.78, 5) is 27.3. The first-order valence-electron chi connectivity index (χ1n) is 9.55. The van der Waals surface area contributed by atoms with Crippen molar-refractivity contribution < 1.29 is 9.18 Å². The topological polar surface area (TPSA) is 42.3 Å². The second-order valence-corrected chi connectivity index (χ2v) is 8.51. The Morgan fingerprint density at radius 3 is 2.24 bits per heavy atom. The van der Waals surface area contributed by atoms with Gasteiger partial charge < -0.3 is 4.90 Å². The average Bonchev–Trinajstić information content (AvgIpc) is 2.97. The lowest BCUT2D eigenvalue weighted by Crippen LogP contribution is -2.26. The summed E-state index contributed by atoms with van der Waals surface area (Å²) in [7, 11) is 1.68. The molecule has 0 unspecified atom stereocenters. The summed E-state index contributed by atoms with van der Waals surface area (Å²) in [6.45, 7) is 6.88. The first-order valence-corrected chi connectivity index (χ1v) is 10.4. The standard InChI is InChI=1S/C23H25FN2O2S/c1-15(2)19-9-5-18(6-10-19)14-26-16(3)21(29-23(26)28)22(27)25(4)13-17-7-11-20(24)12-8-17/h5-12,15H,13-14H2,1-4H3. The Morgan fingerprint density at radius 1 is 1.07 bits per heavy atom. The van der Waals surface area contributed by atoms with Crippen LogP contribution in [0.3, 0.4) is 0 Å². The highest BCUT2D eigenvalue weighted by atomic mass is 32.1. The lowest BCUT2D eigenvalue weighted by molar-refractivity contribution is 0.0788. The normalized spacial score (nSPS) is 11.1. The molecule has 29 heavy (non-hydrogen) atoms. The minimum Gasteiger partial charge on any atom is -0.337 e. The van der Waals surface area contributed by atoms with Gasteiger partial charge in [0, 0.05) is 19.3 Å². The van der Waals surface area contributed by atoms with Crippen LogP contribution in [0.15, 0.2) is 53.3 Å². The number of carbonyl (C=O) groups excluding carboxylic acids is 1. The number of thiazole rings is 1. The third-order valence-corrected chi connectivity index (χ3v) is 6.07. The van der Waals surface area contributed by atoms with Crippen LogP contribution in [0.5, 0.6) is 0 Å². The summed E-state index contributed by atoms with van der Waals surface area (Å²) in [5.41, 5.74) is 3.78. The molecule has 0 aliphatic rings. The van der Waals surface area contributed by atoms with Gasteiger partial charge in [-0.25, -0.2) is 4.39 Å². The smallest absolute Gasteiger partial charge is 0.308 e. The molecule has 0 aliphatic heterocycles. The van der Waals surface area contributed by atoms with E-state index in [0.717, 1.165) is 22.5 Å². The van der Waals surface area contributed by atoms with Crippen molar-refractivity contribution in [3.8, 4) is 0 Å². The van der Waals surface area contributed by atoms with Gasteiger partial charge in [0.2, 0.25) is 0 Å². The molecule has 0 bridgehead atoms. The van der Waals surface area contributed by atoms with Crippen molar-refractivity contribution in [2.75, 3.05) is 7.05 Å². The van der Waals surface area contributed by atoms with Crippen molar-refractivity contribution >= 4 is 17.2 Å². The van der Waals surface area contributed by atoms with Gasteiger partial charge in [-0.1, -0.05) is 61.6 Å². The van der Waals surface area contributed by atoms with E-state index >= 15 is 0 Å². The van der Waals surface area contributed by atoms with Crippen molar-refractivity contribution in [2.24, 2.45) is 0 Å². The Morgan fingerprint density at radius 2 is 1.66 bits per heavy atom. The predicted molar refractivity (Wildman–Crippen MR) is 115 cm³/mol. The van der Waals surface area contributed by atoms with E-state index in [0.29, 0.717) is 29.6 Å². The molecule has 152 valence electrons. The Hall–Kier alpha value is -2.73. The molecule has 0 atom stereocenters. The van der Waals surface area contributed by atoms with Crippen LogP contribution in [0, 0.1) is 12.7 Å². The fraction of sp³-hybridized carbons (Fsp3) is 0.304. The number of nitrogens with zero attached hydrogens (tertiary/aromatic N) is 2. The van der Waals surface area contributed by atoms with Crippen molar-refractivity contribution in [3.05, 3.63) is 91.3 Å². The lowest BCUT2D eigenvalue weighted by atomic mass is 10.0. The predicted octanol–water partition coefficient (Wildman–Crippen LogP) is 4.80. The van der Waals surface area contributed by atoms with Crippen LogP contribution in [0.2, 0.25) is 0 Å². The van der Waals surface area contributed by atoms with Crippen molar-refractivity contribution in [2.45, 2.75) is 39.8 Å². The van der Waals surface area contributed by atoms with Gasteiger partial charge in [0.05, 0.1) is 6.54 Å². The average molecular weight is 413 g/mol. The monoisotopic (exact) mass is 412 g/mol. The van der Waals surface area contributed by atoms with Gasteiger partial charge in [0.1, 0.15) is 10.7 Å². The summed E-state index contributed by atoms with van der Waals surface area (Å²) in [6, 6.07) is 14.3. The molecule has 3 rings (SSSR count). The van der Waals surface area contributed by atoms with Crippen LogP contribution in [-0.2, 0) is 13.1 Å². The fourth-order valence-electron chi connectivity index (χ4n) is 3.16. The summed E-state index contributed by atoms with van der Waals surface area (Å²) < 4.78 is 14.7. The van der Waals surface area contributed by atoms with Crippen LogP contribution in [-0.4, -0.2) is 22.4 Å². The molecule has 0 saturated heterocycles. The van der Waals surface area contributed by atoms with Crippen LogP contribution in [0.1, 0.15) is 51.8 Å². The molecule has 6 heteroatoms. The maximum Gasteiger partial charge on any atom is 0.308 e. The molecule has 0 saturated carbocycles. The van der Waals surface area contributed by atoms with Gasteiger partial charge in [0.15, 0.2) is 0 Å². The van der Waals surface area contributed by atoms with Gasteiger partial charge in [-0.3, -0.25) is 14.2 Å². The summed E-state index contributed by atoms with van der Waals surface area (Å²) in [6.07, 6.45) is 0. The zero-order chi connectivity index (χ0) is 21.1. The van der Waals surface area contributed by atoms with Crippen molar-refractivity contribution in [3.63, 3.8) is 0 Å². The maximum atomic E-state index is 13.1. The Bertz CT molecular complexity index is 1050. The van der Waals surface area contributed by atoms with Crippen LogP contribution < -0.4 is 4.87 Å². The molecule has 2 aromatic carbocycles. The van der Waals surface area contributed by atoms with E-state index in [-0.39, 0.29) is 16.6 Å². The maximum absolute atomic E-state index is 13.1. The van der Waals surface area contributed by atoms with E-state index in [1.54, 1.807) is 35.6 Å². The number of rotatable bonds is 6. The van der Waals surface area contributed by atoms with Gasteiger partial charge in [-0.15, -0.1) is 0 Å². The minimum atomic E-state index is -0.310. The van der Waals surface area contributed by atoms with Crippen LogP contribution >= 0.6 is 11.3 Å². The van der Waals surface area contributed by atoms with Crippen LogP contribution in [0.4, 0.5) is 4.39 Å². The van der Waals surface area contributed by atoms with E-state index < -0.39 is 0 Å². The Balaban J connectivity index is 1.78. The van der Waals surface area contributed by atoms with E-state index in [1.807, 2.05) is 12.1 Å². The highest BCUT2D eigenvalue weighted by Gasteiger charge is 2.21. The lowest BCUT2D eigenvalue weighted by Gasteiger charge is -2.17. The Labute approximate surface area is 174 Å². The van der Waals surface area contributed by atoms with E-state index in [9.17, 15) is 14.0 Å². The van der Waals surface area contributed by atoms with Gasteiger partial charge >= 0.3 is 4.87 Å². The zero-order valence-electron chi connectivity index (χ0n) is 17.1. The number of benzene rings is 2. The van der Waals surface area contributed by atoms with Crippen molar-refractivity contribution in [1.29, 1.82) is 0 Å². The molecule has 0 N–H and O–H groups in total. The molecule has 0 radical (unpaired) electrons. The molecule has 0 fully saturated rings. The molecule has 0 aliphatic carbocycles. The third-order valence-electron chi connectivity index (χ3n) is 5.00. The molecular weight excluding hydrogens is 387 g/mol. The van der Waals surface area contributed by atoms with Gasteiger partial charge in [-0.2, -0.15) is 0 Å². The number of aromatic nitrogens is 1. The number of hydrogen-bond donors (Lipinski definition) is 0. The minimum absolute atomic E-state index is 0.144. The summed E-state index contributed by atoms with van der Waals surface area (Å²) in [5, 5.41) is 0. The third kappa shape index (κ3) is 4.82. The van der Waals surface area contributed by atoms with Crippen LogP contribution in [0.25, 0.3) is 0 Å². The van der Waals surface area contributed by atoms with E-state index in [1.165, 1.54) is 17.7 Å². The van der Waals surface area contributed by atoms with E-state index in [2.05, 4.69) is 26.0 Å². The fourth-order valence-corrected chi connectivity index (χ4v) is 4.14. The number of hydrogen-bond acceptors (Lipinski definition) is 3. The van der Waals surface area contributed by atoms with Gasteiger partial charge in [0.25, 0.3) is 5.91 Å². The number of carbonyl (C=O) groups is 1. The molecule has 4 nitrogen and oxygen atoms in total. The van der Waals surface area contributed by atoms with E-state index in [4.69, 9.17) is 0 Å². The molecule has 3 aromatic rings. The summed E-state index contributed by atoms with van der Waals surface area (Å²) in [5.74, 6) is -0.0614. The zero-order valence-corrected chi connectivity index (χ0v) is 17.9. The second-order valence-electron chi connectivity index (χ2n) is 7.55. The highest BCUT2D eigenvalue weighted by molar-refractivity contribution is 7.11. The quantitative estimate of drug-likeness (QED) is 0.584. The molecule has 1 heterocycles. The molecule has 1 amide bonds. The first kappa shape index (κ1) is 21.0. The largest absolute Gasteiger partial charge is 0.337 e.